The van der Waals surface area contributed by atoms with Crippen molar-refractivity contribution in [1.82, 2.24) is 20.5 Å². The zero-order chi connectivity index (χ0) is 20.7. The van der Waals surface area contributed by atoms with Crippen LogP contribution >= 0.6 is 24.0 Å². The Balaban J connectivity index is 0.00000450. The molecule has 0 aliphatic carbocycles. The van der Waals surface area contributed by atoms with E-state index in [1.165, 1.54) is 0 Å². The first-order valence-corrected chi connectivity index (χ1v) is 9.95. The first-order chi connectivity index (χ1) is 14.2. The number of nitrogens with zero attached hydrogens (tertiary/aromatic N) is 3. The number of methoxy groups -OCH3 is 1. The van der Waals surface area contributed by atoms with Gasteiger partial charge >= 0.3 is 0 Å². The van der Waals surface area contributed by atoms with Crippen LogP contribution in [0.3, 0.4) is 0 Å². The number of aliphatic imine (C=N–C) groups is 1. The SMILES string of the molecule is CN=C(NCCN(C)CCCOC)NCc1cccnc1OCc1ccccc1.I. The molecule has 0 aliphatic heterocycles. The number of guanidine groups is 1. The summed E-state index contributed by atoms with van der Waals surface area (Å²) in [6.45, 7) is 4.63. The Kier molecular flexibility index (Phi) is 13.8. The van der Waals surface area contributed by atoms with Crippen molar-refractivity contribution in [3.05, 3.63) is 59.8 Å². The number of likely N-dealkylation sites (N-methyl/N-ethyl adjacent to an activating group) is 1. The van der Waals surface area contributed by atoms with Gasteiger partial charge in [-0.1, -0.05) is 36.4 Å². The molecule has 0 aliphatic rings. The molecule has 1 aromatic carbocycles. The van der Waals surface area contributed by atoms with Crippen LogP contribution < -0.4 is 15.4 Å². The van der Waals surface area contributed by atoms with Gasteiger partial charge in [0.1, 0.15) is 6.61 Å². The van der Waals surface area contributed by atoms with Crippen molar-refractivity contribution in [3.8, 4) is 5.88 Å². The number of hydrogen-bond donors (Lipinski definition) is 2. The van der Waals surface area contributed by atoms with E-state index in [-0.39, 0.29) is 24.0 Å². The van der Waals surface area contributed by atoms with E-state index in [4.69, 9.17) is 9.47 Å². The predicted octanol–water partition coefficient (Wildman–Crippen LogP) is 2.91. The molecule has 0 radical (unpaired) electrons. The molecule has 2 rings (SSSR count). The van der Waals surface area contributed by atoms with Crippen LogP contribution in [-0.2, 0) is 17.9 Å². The molecule has 166 valence electrons. The molecule has 0 saturated heterocycles. The molecule has 2 aromatic rings. The molecule has 30 heavy (non-hydrogen) atoms. The number of aromatic nitrogens is 1. The molecule has 0 spiro atoms. The van der Waals surface area contributed by atoms with Crippen molar-refractivity contribution in [2.24, 2.45) is 4.99 Å². The van der Waals surface area contributed by atoms with Crippen molar-refractivity contribution in [1.29, 1.82) is 0 Å². The average Bonchev–Trinajstić information content (AvgIpc) is 2.76. The second-order valence-electron chi connectivity index (χ2n) is 6.74. The van der Waals surface area contributed by atoms with Crippen LogP contribution in [-0.4, -0.2) is 63.3 Å². The third kappa shape index (κ3) is 10.2. The van der Waals surface area contributed by atoms with E-state index in [2.05, 4.69) is 32.6 Å². The highest BCUT2D eigenvalue weighted by atomic mass is 127. The largest absolute Gasteiger partial charge is 0.473 e. The van der Waals surface area contributed by atoms with E-state index >= 15 is 0 Å². The van der Waals surface area contributed by atoms with Gasteiger partial charge in [0.05, 0.1) is 0 Å². The fourth-order valence-corrected chi connectivity index (χ4v) is 2.77. The maximum Gasteiger partial charge on any atom is 0.218 e. The topological polar surface area (TPSA) is 71.0 Å². The smallest absolute Gasteiger partial charge is 0.218 e. The summed E-state index contributed by atoms with van der Waals surface area (Å²) < 4.78 is 11.0. The summed E-state index contributed by atoms with van der Waals surface area (Å²) in [7, 11) is 5.62. The Bertz CT molecular complexity index is 730. The number of benzene rings is 1. The summed E-state index contributed by atoms with van der Waals surface area (Å²) >= 11 is 0. The number of ether oxygens (including phenoxy) is 2. The molecular formula is C22H34IN5O2. The van der Waals surface area contributed by atoms with Gasteiger partial charge in [-0.15, -0.1) is 24.0 Å². The quantitative estimate of drug-likeness (QED) is 0.192. The van der Waals surface area contributed by atoms with Gasteiger partial charge in [-0.3, -0.25) is 4.99 Å². The molecule has 1 aromatic heterocycles. The Labute approximate surface area is 197 Å². The number of rotatable bonds is 12. The molecular weight excluding hydrogens is 493 g/mol. The maximum absolute atomic E-state index is 5.92. The van der Waals surface area contributed by atoms with E-state index in [1.807, 2.05) is 42.5 Å². The average molecular weight is 527 g/mol. The van der Waals surface area contributed by atoms with Crippen molar-refractivity contribution >= 4 is 29.9 Å². The first-order valence-electron chi connectivity index (χ1n) is 9.95. The number of halogens is 1. The van der Waals surface area contributed by atoms with Gasteiger partial charge in [-0.05, 0) is 25.1 Å². The second-order valence-corrected chi connectivity index (χ2v) is 6.74. The van der Waals surface area contributed by atoms with Gasteiger partial charge in [0.2, 0.25) is 5.88 Å². The maximum atomic E-state index is 5.92. The monoisotopic (exact) mass is 527 g/mol. The van der Waals surface area contributed by atoms with Gasteiger partial charge in [-0.25, -0.2) is 4.98 Å². The minimum Gasteiger partial charge on any atom is -0.473 e. The fourth-order valence-electron chi connectivity index (χ4n) is 2.77. The predicted molar refractivity (Wildman–Crippen MR) is 133 cm³/mol. The summed E-state index contributed by atoms with van der Waals surface area (Å²) in [5, 5.41) is 6.67. The van der Waals surface area contributed by atoms with Crippen LogP contribution in [0, 0.1) is 0 Å². The summed E-state index contributed by atoms with van der Waals surface area (Å²) in [6, 6.07) is 14.0. The molecule has 0 atom stereocenters. The molecule has 0 fully saturated rings. The normalized spacial score (nSPS) is 11.1. The van der Waals surface area contributed by atoms with Crippen LogP contribution in [0.1, 0.15) is 17.5 Å². The van der Waals surface area contributed by atoms with Crippen molar-refractivity contribution in [2.75, 3.05) is 47.4 Å². The van der Waals surface area contributed by atoms with E-state index in [9.17, 15) is 0 Å². The van der Waals surface area contributed by atoms with Gasteiger partial charge < -0.3 is 25.0 Å². The van der Waals surface area contributed by atoms with Crippen LogP contribution in [0.25, 0.3) is 0 Å². The van der Waals surface area contributed by atoms with Crippen LogP contribution in [0.4, 0.5) is 0 Å². The number of nitrogens with one attached hydrogen (secondary N) is 2. The molecule has 8 heteroatoms. The molecule has 0 saturated carbocycles. The van der Waals surface area contributed by atoms with Crippen molar-refractivity contribution < 1.29 is 9.47 Å². The minimum atomic E-state index is 0. The molecule has 7 nitrogen and oxygen atoms in total. The van der Waals surface area contributed by atoms with Crippen LogP contribution in [0.5, 0.6) is 5.88 Å². The molecule has 0 amide bonds. The van der Waals surface area contributed by atoms with Gasteiger partial charge in [-0.2, -0.15) is 0 Å². The van der Waals surface area contributed by atoms with Gasteiger partial charge in [0, 0.05) is 58.7 Å². The lowest BCUT2D eigenvalue weighted by Crippen LogP contribution is -2.40. The molecule has 0 bridgehead atoms. The van der Waals surface area contributed by atoms with E-state index in [0.717, 1.165) is 49.7 Å². The van der Waals surface area contributed by atoms with E-state index in [0.29, 0.717) is 19.0 Å². The second kappa shape index (κ2) is 15.9. The Morgan fingerprint density at radius 2 is 1.90 bits per heavy atom. The Morgan fingerprint density at radius 3 is 2.63 bits per heavy atom. The standard InChI is InChI=1S/C22H33N5O2.HI/c1-23-22(25-13-15-27(2)14-8-16-28-3)26-17-20-11-7-12-24-21(20)29-18-19-9-5-4-6-10-19;/h4-7,9-12H,8,13-18H2,1-3H3,(H2,23,25,26);1H. The van der Waals surface area contributed by atoms with Gasteiger partial charge in [0.25, 0.3) is 0 Å². The highest BCUT2D eigenvalue weighted by Crippen LogP contribution is 2.15. The van der Waals surface area contributed by atoms with Crippen LogP contribution in [0.2, 0.25) is 0 Å². The summed E-state index contributed by atoms with van der Waals surface area (Å²) in [4.78, 5) is 10.9. The minimum absolute atomic E-state index is 0. The summed E-state index contributed by atoms with van der Waals surface area (Å²) in [5.41, 5.74) is 2.10. The highest BCUT2D eigenvalue weighted by molar-refractivity contribution is 14.0. The van der Waals surface area contributed by atoms with Gasteiger partial charge in [0.15, 0.2) is 5.96 Å². The summed E-state index contributed by atoms with van der Waals surface area (Å²) in [5.74, 6) is 1.39. The lowest BCUT2D eigenvalue weighted by Gasteiger charge is -2.18. The lowest BCUT2D eigenvalue weighted by molar-refractivity contribution is 0.180. The van der Waals surface area contributed by atoms with Crippen molar-refractivity contribution in [3.63, 3.8) is 0 Å². The molecule has 2 N–H and O–H groups in total. The Hall–Kier alpha value is -1.91. The number of pyridine rings is 1. The lowest BCUT2D eigenvalue weighted by atomic mass is 10.2. The fraction of sp³-hybridized carbons (Fsp3) is 0.455. The van der Waals surface area contributed by atoms with Crippen molar-refractivity contribution in [2.45, 2.75) is 19.6 Å². The third-order valence-corrected chi connectivity index (χ3v) is 4.41. The molecule has 0 unspecified atom stereocenters. The summed E-state index contributed by atoms with van der Waals surface area (Å²) in [6.07, 6.45) is 2.78. The Morgan fingerprint density at radius 1 is 1.10 bits per heavy atom. The third-order valence-electron chi connectivity index (χ3n) is 4.41. The van der Waals surface area contributed by atoms with E-state index in [1.54, 1.807) is 20.4 Å². The zero-order valence-corrected chi connectivity index (χ0v) is 20.5. The van der Waals surface area contributed by atoms with E-state index < -0.39 is 0 Å². The van der Waals surface area contributed by atoms with Crippen LogP contribution in [0.15, 0.2) is 53.7 Å². The number of hydrogen-bond acceptors (Lipinski definition) is 5. The highest BCUT2D eigenvalue weighted by Gasteiger charge is 2.07. The zero-order valence-electron chi connectivity index (χ0n) is 18.1. The first kappa shape index (κ1) is 26.1. The molecule has 1 heterocycles.